The van der Waals surface area contributed by atoms with E-state index >= 15 is 0 Å². The minimum absolute atomic E-state index is 0.100. The molecule has 3 aliphatic rings. The van der Waals surface area contributed by atoms with Crippen LogP contribution in [-0.2, 0) is 9.59 Å². The lowest BCUT2D eigenvalue weighted by molar-refractivity contribution is -0.145. The zero-order valence-corrected chi connectivity index (χ0v) is 15.1. The van der Waals surface area contributed by atoms with Gasteiger partial charge in [-0.2, -0.15) is 0 Å². The van der Waals surface area contributed by atoms with Gasteiger partial charge in [0.05, 0.1) is 5.54 Å². The maximum absolute atomic E-state index is 12.8. The highest BCUT2D eigenvalue weighted by atomic mass is 16.2. The number of hydrogen-bond donors (Lipinski definition) is 1. The van der Waals surface area contributed by atoms with Crippen LogP contribution in [0.4, 0.5) is 0 Å². The van der Waals surface area contributed by atoms with E-state index in [1.165, 1.54) is 22.3 Å². The van der Waals surface area contributed by atoms with Crippen LogP contribution in [0.2, 0.25) is 0 Å². The molecule has 1 spiro atoms. The van der Waals surface area contributed by atoms with Gasteiger partial charge in [-0.3, -0.25) is 9.59 Å². The Balaban J connectivity index is 1.38. The van der Waals surface area contributed by atoms with Crippen molar-refractivity contribution in [3.05, 3.63) is 41.0 Å². The Bertz CT molecular complexity index is 759. The molecule has 4 heteroatoms. The van der Waals surface area contributed by atoms with Crippen molar-refractivity contribution in [1.29, 1.82) is 0 Å². The molecule has 1 atom stereocenters. The number of nitrogens with one attached hydrogen (secondary N) is 1. The number of amides is 2. The molecule has 0 radical (unpaired) electrons. The van der Waals surface area contributed by atoms with Gasteiger partial charge in [0.25, 0.3) is 0 Å². The van der Waals surface area contributed by atoms with Crippen LogP contribution in [-0.4, -0.2) is 35.3 Å². The van der Waals surface area contributed by atoms with Crippen LogP contribution >= 0.6 is 0 Å². The van der Waals surface area contributed by atoms with E-state index in [9.17, 15) is 9.59 Å². The first-order chi connectivity index (χ1) is 12.0. The lowest BCUT2D eigenvalue weighted by Crippen LogP contribution is -2.69. The van der Waals surface area contributed by atoms with Crippen molar-refractivity contribution >= 4 is 17.4 Å². The molecule has 0 bridgehead atoms. The van der Waals surface area contributed by atoms with Crippen molar-refractivity contribution in [1.82, 2.24) is 10.2 Å². The van der Waals surface area contributed by atoms with E-state index in [0.717, 1.165) is 25.7 Å². The van der Waals surface area contributed by atoms with Gasteiger partial charge in [-0.05, 0) is 56.2 Å². The third kappa shape index (κ3) is 2.99. The highest BCUT2D eigenvalue weighted by Gasteiger charge is 2.50. The first kappa shape index (κ1) is 16.4. The Hall–Kier alpha value is -2.10. The summed E-state index contributed by atoms with van der Waals surface area (Å²) in [5.74, 6) is 0.497. The molecule has 4 rings (SSSR count). The summed E-state index contributed by atoms with van der Waals surface area (Å²) in [6.07, 6.45) is 6.47. The molecule has 0 aromatic heterocycles. The number of allylic oxidation sites excluding steroid dienone is 2. The molecule has 2 aliphatic heterocycles. The molecule has 4 nitrogen and oxygen atoms in total. The zero-order valence-electron chi connectivity index (χ0n) is 15.1. The van der Waals surface area contributed by atoms with E-state index < -0.39 is 0 Å². The molecule has 1 N–H and O–H groups in total. The van der Waals surface area contributed by atoms with Gasteiger partial charge >= 0.3 is 0 Å². The lowest BCUT2D eigenvalue weighted by atomic mass is 9.82. The number of nitrogens with zero attached hydrogens (tertiary/aromatic N) is 1. The van der Waals surface area contributed by atoms with Gasteiger partial charge in [0, 0.05) is 25.4 Å². The first-order valence-corrected chi connectivity index (χ1v) is 9.32. The van der Waals surface area contributed by atoms with Crippen LogP contribution < -0.4 is 5.32 Å². The van der Waals surface area contributed by atoms with E-state index in [2.05, 4.69) is 43.4 Å². The molecular weight excluding hydrogens is 312 g/mol. The smallest absolute Gasteiger partial charge is 0.226 e. The van der Waals surface area contributed by atoms with Crippen LogP contribution in [0.5, 0.6) is 0 Å². The van der Waals surface area contributed by atoms with Crippen molar-refractivity contribution < 1.29 is 9.59 Å². The van der Waals surface area contributed by atoms with E-state index in [4.69, 9.17) is 0 Å². The highest BCUT2D eigenvalue weighted by molar-refractivity contribution is 5.84. The first-order valence-electron chi connectivity index (χ1n) is 9.32. The molecule has 132 valence electrons. The maximum Gasteiger partial charge on any atom is 0.226 e. The third-order valence-electron chi connectivity index (χ3n) is 6.03. The zero-order chi connectivity index (χ0) is 17.6. The monoisotopic (exact) mass is 338 g/mol. The number of likely N-dealkylation sites (tertiary alicyclic amines) is 1. The summed E-state index contributed by atoms with van der Waals surface area (Å²) < 4.78 is 0. The highest BCUT2D eigenvalue weighted by Crippen LogP contribution is 2.36. The van der Waals surface area contributed by atoms with E-state index in [0.29, 0.717) is 19.5 Å². The number of aryl methyl sites for hydroxylation is 2. The standard InChI is InChI=1S/C21H26N2O2/c1-14-3-4-15(2)18(11-14)16-5-7-17(8-6-16)20(25)23-12-21(13-23)10-9-19(24)22-21/h3-5,11,17H,6-10,12-13H2,1-2H3,(H,22,24). The maximum atomic E-state index is 12.8. The van der Waals surface area contributed by atoms with Gasteiger partial charge in [-0.25, -0.2) is 0 Å². The summed E-state index contributed by atoms with van der Waals surface area (Å²) in [5.41, 5.74) is 5.20. The van der Waals surface area contributed by atoms with Crippen LogP contribution in [0.1, 0.15) is 48.8 Å². The largest absolute Gasteiger partial charge is 0.347 e. The minimum Gasteiger partial charge on any atom is -0.347 e. The number of carbonyl (C=O) groups is 2. The molecule has 2 amide bonds. The molecule has 1 aromatic rings. The number of carbonyl (C=O) groups excluding carboxylic acids is 2. The second-order valence-electron chi connectivity index (χ2n) is 8.04. The molecule has 0 saturated carbocycles. The Morgan fingerprint density at radius 1 is 1.24 bits per heavy atom. The fourth-order valence-corrected chi connectivity index (χ4v) is 4.49. The van der Waals surface area contributed by atoms with Gasteiger partial charge in [0.1, 0.15) is 0 Å². The molecule has 2 fully saturated rings. The summed E-state index contributed by atoms with van der Waals surface area (Å²) in [7, 11) is 0. The van der Waals surface area contributed by atoms with E-state index in [1.807, 2.05) is 4.90 Å². The van der Waals surface area contributed by atoms with Crippen molar-refractivity contribution in [2.24, 2.45) is 5.92 Å². The molecule has 1 aliphatic carbocycles. The second-order valence-corrected chi connectivity index (χ2v) is 8.04. The van der Waals surface area contributed by atoms with Crippen molar-refractivity contribution in [2.75, 3.05) is 13.1 Å². The quantitative estimate of drug-likeness (QED) is 0.901. The number of benzene rings is 1. The normalized spacial score (nSPS) is 24.7. The predicted octanol–water partition coefficient (Wildman–Crippen LogP) is 2.98. The Morgan fingerprint density at radius 2 is 2.04 bits per heavy atom. The average Bonchev–Trinajstić information content (AvgIpc) is 2.97. The summed E-state index contributed by atoms with van der Waals surface area (Å²) in [6.45, 7) is 5.67. The Morgan fingerprint density at radius 3 is 2.68 bits per heavy atom. The van der Waals surface area contributed by atoms with Crippen LogP contribution in [0.25, 0.3) is 5.57 Å². The number of rotatable bonds is 2. The predicted molar refractivity (Wildman–Crippen MR) is 97.9 cm³/mol. The SMILES string of the molecule is Cc1ccc(C)c(C2=CCC(C(=O)N3CC4(CCC(=O)N4)C3)CC2)c1. The van der Waals surface area contributed by atoms with Crippen LogP contribution in [0.15, 0.2) is 24.3 Å². The fourth-order valence-electron chi connectivity index (χ4n) is 4.49. The van der Waals surface area contributed by atoms with E-state index in [-0.39, 0.29) is 23.3 Å². The molecule has 1 unspecified atom stereocenters. The summed E-state index contributed by atoms with van der Waals surface area (Å²) in [5, 5.41) is 3.05. The molecule has 25 heavy (non-hydrogen) atoms. The lowest BCUT2D eigenvalue weighted by Gasteiger charge is -2.49. The Kier molecular flexibility index (Phi) is 3.94. The molecule has 1 aromatic carbocycles. The summed E-state index contributed by atoms with van der Waals surface area (Å²) in [4.78, 5) is 26.1. The van der Waals surface area contributed by atoms with Crippen LogP contribution in [0.3, 0.4) is 0 Å². The van der Waals surface area contributed by atoms with Gasteiger partial charge in [-0.15, -0.1) is 0 Å². The van der Waals surface area contributed by atoms with Gasteiger partial charge in [-0.1, -0.05) is 29.8 Å². The van der Waals surface area contributed by atoms with Crippen molar-refractivity contribution in [2.45, 2.75) is 51.5 Å². The van der Waals surface area contributed by atoms with Crippen molar-refractivity contribution in [3.8, 4) is 0 Å². The second kappa shape index (κ2) is 6.01. The van der Waals surface area contributed by atoms with Gasteiger partial charge in [0.2, 0.25) is 11.8 Å². The topological polar surface area (TPSA) is 49.4 Å². The van der Waals surface area contributed by atoms with Crippen LogP contribution in [0, 0.1) is 19.8 Å². The fraction of sp³-hybridized carbons (Fsp3) is 0.524. The minimum atomic E-state index is -0.110. The Labute approximate surface area is 149 Å². The molecule has 2 heterocycles. The third-order valence-corrected chi connectivity index (χ3v) is 6.03. The summed E-state index contributed by atoms with van der Waals surface area (Å²) >= 11 is 0. The average molecular weight is 338 g/mol. The molecular formula is C21H26N2O2. The summed E-state index contributed by atoms with van der Waals surface area (Å²) in [6, 6.07) is 6.58. The van der Waals surface area contributed by atoms with Gasteiger partial charge in [0.15, 0.2) is 0 Å². The number of hydrogen-bond acceptors (Lipinski definition) is 2. The van der Waals surface area contributed by atoms with Crippen molar-refractivity contribution in [3.63, 3.8) is 0 Å². The van der Waals surface area contributed by atoms with E-state index in [1.54, 1.807) is 0 Å². The molecule has 2 saturated heterocycles. The van der Waals surface area contributed by atoms with Gasteiger partial charge < -0.3 is 10.2 Å².